The van der Waals surface area contributed by atoms with Crippen molar-refractivity contribution in [2.24, 2.45) is 0 Å². The SMILES string of the molecule is Cc1ccc2c(c1)nnn2C1=CC(=O)OC(C)C1. The fourth-order valence-corrected chi connectivity index (χ4v) is 2.16. The molecule has 0 radical (unpaired) electrons. The number of aromatic nitrogens is 3. The van der Waals surface area contributed by atoms with Gasteiger partial charge in [0, 0.05) is 12.5 Å². The fourth-order valence-electron chi connectivity index (χ4n) is 2.16. The summed E-state index contributed by atoms with van der Waals surface area (Å²) in [5.74, 6) is -0.320. The van der Waals surface area contributed by atoms with Crippen LogP contribution in [0, 0.1) is 6.92 Å². The number of carbonyl (C=O) groups excluding carboxylic acids is 1. The summed E-state index contributed by atoms with van der Waals surface area (Å²) < 4.78 is 6.78. The van der Waals surface area contributed by atoms with Gasteiger partial charge in [0.2, 0.25) is 0 Å². The van der Waals surface area contributed by atoms with Crippen molar-refractivity contribution < 1.29 is 9.53 Å². The highest BCUT2D eigenvalue weighted by molar-refractivity contribution is 5.91. The highest BCUT2D eigenvalue weighted by atomic mass is 16.5. The van der Waals surface area contributed by atoms with Crippen molar-refractivity contribution >= 4 is 22.7 Å². The summed E-state index contributed by atoms with van der Waals surface area (Å²) in [6, 6.07) is 5.95. The predicted octanol–water partition coefficient (Wildman–Crippen LogP) is 1.92. The molecule has 1 aliphatic rings. The zero-order valence-corrected chi connectivity index (χ0v) is 10.3. The third kappa shape index (κ3) is 1.77. The minimum absolute atomic E-state index is 0.123. The van der Waals surface area contributed by atoms with Crippen molar-refractivity contribution in [3.63, 3.8) is 0 Å². The Hall–Kier alpha value is -2.17. The molecule has 1 aliphatic heterocycles. The van der Waals surface area contributed by atoms with Crippen LogP contribution in [-0.4, -0.2) is 27.1 Å². The zero-order valence-electron chi connectivity index (χ0n) is 10.3. The lowest BCUT2D eigenvalue weighted by molar-refractivity contribution is -0.142. The van der Waals surface area contributed by atoms with Gasteiger partial charge in [0.1, 0.15) is 11.6 Å². The van der Waals surface area contributed by atoms with Crippen LogP contribution in [0.4, 0.5) is 0 Å². The first-order valence-corrected chi connectivity index (χ1v) is 5.87. The van der Waals surface area contributed by atoms with E-state index in [-0.39, 0.29) is 12.1 Å². The number of aryl methyl sites for hydroxylation is 1. The number of benzene rings is 1. The quantitative estimate of drug-likeness (QED) is 0.718. The molecular formula is C13H13N3O2. The van der Waals surface area contributed by atoms with Crippen LogP contribution >= 0.6 is 0 Å². The summed E-state index contributed by atoms with van der Waals surface area (Å²) in [6.45, 7) is 3.88. The number of ether oxygens (including phenoxy) is 1. The first-order chi connectivity index (χ1) is 8.63. The van der Waals surface area contributed by atoms with Gasteiger partial charge >= 0.3 is 5.97 Å². The van der Waals surface area contributed by atoms with Gasteiger partial charge in [0.05, 0.1) is 11.2 Å². The predicted molar refractivity (Wildman–Crippen MR) is 66.7 cm³/mol. The van der Waals surface area contributed by atoms with E-state index in [0.717, 1.165) is 22.3 Å². The van der Waals surface area contributed by atoms with E-state index in [1.165, 1.54) is 6.08 Å². The number of esters is 1. The lowest BCUT2D eigenvalue weighted by Gasteiger charge is -2.19. The second-order valence-electron chi connectivity index (χ2n) is 4.58. The van der Waals surface area contributed by atoms with Crippen molar-refractivity contribution in [3.8, 4) is 0 Å². The molecule has 2 heterocycles. The van der Waals surface area contributed by atoms with E-state index in [1.807, 2.05) is 32.0 Å². The molecule has 0 saturated heterocycles. The normalized spacial score (nSPS) is 19.8. The van der Waals surface area contributed by atoms with Crippen molar-refractivity contribution in [3.05, 3.63) is 29.8 Å². The van der Waals surface area contributed by atoms with E-state index < -0.39 is 0 Å². The van der Waals surface area contributed by atoms with Crippen LogP contribution < -0.4 is 0 Å². The number of cyclic esters (lactones) is 1. The van der Waals surface area contributed by atoms with Crippen molar-refractivity contribution in [2.75, 3.05) is 0 Å². The minimum Gasteiger partial charge on any atom is -0.459 e. The number of hydrogen-bond donors (Lipinski definition) is 0. The maximum Gasteiger partial charge on any atom is 0.332 e. The summed E-state index contributed by atoms with van der Waals surface area (Å²) >= 11 is 0. The van der Waals surface area contributed by atoms with Gasteiger partial charge in [-0.3, -0.25) is 0 Å². The minimum atomic E-state index is -0.320. The number of rotatable bonds is 1. The molecule has 2 aromatic rings. The molecule has 3 rings (SSSR count). The molecule has 0 saturated carbocycles. The largest absolute Gasteiger partial charge is 0.459 e. The van der Waals surface area contributed by atoms with Gasteiger partial charge < -0.3 is 4.74 Å². The van der Waals surface area contributed by atoms with Crippen LogP contribution in [0.15, 0.2) is 24.3 Å². The summed E-state index contributed by atoms with van der Waals surface area (Å²) in [4.78, 5) is 11.4. The standard InChI is InChI=1S/C13H13N3O2/c1-8-3-4-12-11(5-8)14-15-16(12)10-6-9(2)18-13(17)7-10/h3-5,7,9H,6H2,1-2H3. The second kappa shape index (κ2) is 3.94. The number of fused-ring (bicyclic) bond motifs is 1. The molecule has 1 aromatic heterocycles. The Kier molecular flexibility index (Phi) is 2.40. The van der Waals surface area contributed by atoms with Gasteiger partial charge in [-0.2, -0.15) is 0 Å². The fraction of sp³-hybridized carbons (Fsp3) is 0.308. The lowest BCUT2D eigenvalue weighted by Crippen LogP contribution is -2.21. The molecule has 18 heavy (non-hydrogen) atoms. The Labute approximate surface area is 104 Å². The third-order valence-electron chi connectivity index (χ3n) is 2.97. The smallest absolute Gasteiger partial charge is 0.332 e. The topological polar surface area (TPSA) is 57.0 Å². The van der Waals surface area contributed by atoms with E-state index in [2.05, 4.69) is 10.3 Å². The average molecular weight is 243 g/mol. The number of carbonyl (C=O) groups is 1. The monoisotopic (exact) mass is 243 g/mol. The maximum absolute atomic E-state index is 11.4. The summed E-state index contributed by atoms with van der Waals surface area (Å²) in [7, 11) is 0. The van der Waals surface area contributed by atoms with Crippen molar-refractivity contribution in [2.45, 2.75) is 26.4 Å². The van der Waals surface area contributed by atoms with Gasteiger partial charge in [-0.25, -0.2) is 9.48 Å². The molecular weight excluding hydrogens is 230 g/mol. The highest BCUT2D eigenvalue weighted by Crippen LogP contribution is 2.23. The molecule has 0 spiro atoms. The molecule has 0 aliphatic carbocycles. The van der Waals surface area contributed by atoms with Gasteiger partial charge in [-0.05, 0) is 31.5 Å². The molecule has 0 fully saturated rings. The molecule has 5 heteroatoms. The van der Waals surface area contributed by atoms with E-state index in [4.69, 9.17) is 4.74 Å². The first kappa shape index (κ1) is 11.0. The molecule has 0 N–H and O–H groups in total. The Morgan fingerprint density at radius 3 is 3.06 bits per heavy atom. The third-order valence-corrected chi connectivity index (χ3v) is 2.97. The van der Waals surface area contributed by atoms with E-state index in [1.54, 1.807) is 4.68 Å². The lowest BCUT2D eigenvalue weighted by atomic mass is 10.1. The van der Waals surface area contributed by atoms with Crippen molar-refractivity contribution in [1.82, 2.24) is 15.0 Å². The van der Waals surface area contributed by atoms with Gasteiger partial charge in [0.25, 0.3) is 0 Å². The molecule has 92 valence electrons. The Bertz CT molecular complexity index is 657. The second-order valence-corrected chi connectivity index (χ2v) is 4.58. The van der Waals surface area contributed by atoms with Crippen LogP contribution in [0.2, 0.25) is 0 Å². The van der Waals surface area contributed by atoms with Crippen LogP contribution in [0.1, 0.15) is 18.9 Å². The number of nitrogens with zero attached hydrogens (tertiary/aromatic N) is 3. The summed E-state index contributed by atoms with van der Waals surface area (Å²) in [6.07, 6.45) is 2.01. The highest BCUT2D eigenvalue weighted by Gasteiger charge is 2.20. The van der Waals surface area contributed by atoms with E-state index in [0.29, 0.717) is 6.42 Å². The molecule has 1 aromatic carbocycles. The van der Waals surface area contributed by atoms with Crippen LogP contribution in [0.25, 0.3) is 16.7 Å². The Balaban J connectivity index is 2.12. The van der Waals surface area contributed by atoms with Gasteiger partial charge in [-0.15, -0.1) is 5.10 Å². The molecule has 1 unspecified atom stereocenters. The number of hydrogen-bond acceptors (Lipinski definition) is 4. The van der Waals surface area contributed by atoms with Crippen molar-refractivity contribution in [1.29, 1.82) is 0 Å². The molecule has 0 bridgehead atoms. The molecule has 5 nitrogen and oxygen atoms in total. The molecule has 0 amide bonds. The zero-order chi connectivity index (χ0) is 12.7. The average Bonchev–Trinajstić information content (AvgIpc) is 2.70. The van der Waals surface area contributed by atoms with Gasteiger partial charge in [-0.1, -0.05) is 11.3 Å². The van der Waals surface area contributed by atoms with Crippen LogP contribution in [0.3, 0.4) is 0 Å². The van der Waals surface area contributed by atoms with Crippen LogP contribution in [0.5, 0.6) is 0 Å². The summed E-state index contributed by atoms with van der Waals surface area (Å²) in [5.41, 5.74) is 3.71. The maximum atomic E-state index is 11.4. The van der Waals surface area contributed by atoms with E-state index in [9.17, 15) is 4.79 Å². The van der Waals surface area contributed by atoms with Gasteiger partial charge in [0.15, 0.2) is 0 Å². The first-order valence-electron chi connectivity index (χ1n) is 5.87. The Morgan fingerprint density at radius 1 is 1.44 bits per heavy atom. The molecule has 1 atom stereocenters. The van der Waals surface area contributed by atoms with E-state index >= 15 is 0 Å². The Morgan fingerprint density at radius 2 is 2.28 bits per heavy atom. The van der Waals surface area contributed by atoms with Crippen LogP contribution in [-0.2, 0) is 9.53 Å². The summed E-state index contributed by atoms with van der Waals surface area (Å²) in [5, 5.41) is 8.24.